The van der Waals surface area contributed by atoms with Crippen LogP contribution < -0.4 is 10.5 Å². The van der Waals surface area contributed by atoms with E-state index in [0.29, 0.717) is 47.7 Å². The summed E-state index contributed by atoms with van der Waals surface area (Å²) in [5, 5.41) is 17.2. The first kappa shape index (κ1) is 26.6. The third-order valence-electron chi connectivity index (χ3n) is 7.98. The van der Waals surface area contributed by atoms with Crippen LogP contribution >= 0.6 is 23.2 Å². The van der Waals surface area contributed by atoms with Crippen molar-refractivity contribution < 1.29 is 9.90 Å². The van der Waals surface area contributed by atoms with Crippen molar-refractivity contribution in [1.29, 1.82) is 0 Å². The Balaban J connectivity index is 1.42. The second-order valence-corrected chi connectivity index (χ2v) is 11.3. The number of rotatable bonds is 4. The SMILES string of the molecule is C[C@@H]1CN(C(=O)[C@H]2CN(c3ccc(=O)n(C)n3)C[C@H]2c2ccc(Cl)cn2)C[C@H](C)C1(O)c1ccc(Cl)cn1. The van der Waals surface area contributed by atoms with Crippen molar-refractivity contribution in [2.75, 3.05) is 31.1 Å². The van der Waals surface area contributed by atoms with E-state index in [1.807, 2.05) is 29.7 Å². The fourth-order valence-corrected chi connectivity index (χ4v) is 6.06. The zero-order valence-corrected chi connectivity index (χ0v) is 23.0. The van der Waals surface area contributed by atoms with Gasteiger partial charge in [0.15, 0.2) is 0 Å². The summed E-state index contributed by atoms with van der Waals surface area (Å²) in [7, 11) is 1.61. The number of aliphatic hydroxyl groups is 1. The first-order chi connectivity index (χ1) is 18.1. The van der Waals surface area contributed by atoms with Crippen molar-refractivity contribution in [3.63, 3.8) is 0 Å². The Morgan fingerprint density at radius 3 is 2.18 bits per heavy atom. The number of aryl methyl sites for hydroxylation is 1. The third-order valence-corrected chi connectivity index (χ3v) is 8.43. The lowest BCUT2D eigenvalue weighted by atomic mass is 9.72. The molecule has 200 valence electrons. The minimum Gasteiger partial charge on any atom is -0.383 e. The van der Waals surface area contributed by atoms with Gasteiger partial charge in [-0.15, -0.1) is 0 Å². The fourth-order valence-electron chi connectivity index (χ4n) is 5.84. The summed E-state index contributed by atoms with van der Waals surface area (Å²) in [6.07, 6.45) is 3.13. The minimum atomic E-state index is -1.18. The topological polar surface area (TPSA) is 104 Å². The highest BCUT2D eigenvalue weighted by molar-refractivity contribution is 6.30. The standard InChI is InChI=1S/C27H30Cl2N6O3/c1-16-12-35(13-17(2)27(16,38)23-7-5-19(29)11-31-23)26(37)21-15-34(24-8-9-25(36)33(3)32-24)14-20(21)22-6-4-18(28)10-30-22/h4-11,16-17,20-21,38H,12-15H2,1-3H3/t16-,17+,20-,21+,27?/m1/s1. The van der Waals surface area contributed by atoms with Gasteiger partial charge in [-0.2, -0.15) is 5.10 Å². The summed E-state index contributed by atoms with van der Waals surface area (Å²) >= 11 is 12.1. The largest absolute Gasteiger partial charge is 0.383 e. The van der Waals surface area contributed by atoms with E-state index >= 15 is 0 Å². The number of likely N-dealkylation sites (tertiary alicyclic amines) is 1. The summed E-state index contributed by atoms with van der Waals surface area (Å²) in [5.41, 5.74) is -0.0422. The molecule has 5 heterocycles. The molecule has 2 saturated heterocycles. The Morgan fingerprint density at radius 2 is 1.61 bits per heavy atom. The van der Waals surface area contributed by atoms with Crippen LogP contribution in [0.15, 0.2) is 53.6 Å². The van der Waals surface area contributed by atoms with Crippen LogP contribution in [0, 0.1) is 17.8 Å². The Hall–Kier alpha value is -3.01. The van der Waals surface area contributed by atoms with E-state index in [2.05, 4.69) is 15.1 Å². The Bertz CT molecular complexity index is 1370. The van der Waals surface area contributed by atoms with E-state index in [4.69, 9.17) is 23.2 Å². The molecule has 5 rings (SSSR count). The number of aromatic nitrogens is 4. The zero-order chi connectivity index (χ0) is 27.2. The van der Waals surface area contributed by atoms with E-state index in [9.17, 15) is 14.7 Å². The highest BCUT2D eigenvalue weighted by Gasteiger charge is 2.50. The normalized spacial score (nSPS) is 27.5. The molecule has 0 aromatic carbocycles. The molecular weight excluding hydrogens is 527 g/mol. The van der Waals surface area contributed by atoms with Crippen molar-refractivity contribution in [1.82, 2.24) is 24.6 Å². The predicted octanol–water partition coefficient (Wildman–Crippen LogP) is 3.10. The van der Waals surface area contributed by atoms with Crippen LogP contribution in [0.5, 0.6) is 0 Å². The van der Waals surface area contributed by atoms with E-state index in [1.165, 1.54) is 16.9 Å². The van der Waals surface area contributed by atoms with Crippen LogP contribution in [0.4, 0.5) is 5.82 Å². The molecule has 0 spiro atoms. The van der Waals surface area contributed by atoms with E-state index in [-0.39, 0.29) is 35.1 Å². The molecular formula is C27H30Cl2N6O3. The number of anilines is 1. The number of halogens is 2. The molecule has 1 amide bonds. The number of carbonyl (C=O) groups is 1. The molecule has 0 aliphatic carbocycles. The number of hydrogen-bond acceptors (Lipinski definition) is 7. The van der Waals surface area contributed by atoms with Crippen LogP contribution in [0.3, 0.4) is 0 Å². The number of hydrogen-bond donors (Lipinski definition) is 1. The fraction of sp³-hybridized carbons (Fsp3) is 0.444. The molecule has 0 bridgehead atoms. The van der Waals surface area contributed by atoms with Gasteiger partial charge in [0.25, 0.3) is 5.56 Å². The Kier molecular flexibility index (Phi) is 7.19. The van der Waals surface area contributed by atoms with Crippen molar-refractivity contribution in [3.05, 3.63) is 80.6 Å². The van der Waals surface area contributed by atoms with Gasteiger partial charge in [-0.05, 0) is 30.3 Å². The van der Waals surface area contributed by atoms with Crippen LogP contribution in [-0.2, 0) is 17.4 Å². The second-order valence-electron chi connectivity index (χ2n) is 10.4. The van der Waals surface area contributed by atoms with E-state index < -0.39 is 5.60 Å². The van der Waals surface area contributed by atoms with Gasteiger partial charge in [-0.3, -0.25) is 19.6 Å². The predicted molar refractivity (Wildman–Crippen MR) is 145 cm³/mol. The Morgan fingerprint density at radius 1 is 0.947 bits per heavy atom. The molecule has 2 aliphatic rings. The van der Waals surface area contributed by atoms with Gasteiger partial charge >= 0.3 is 0 Å². The highest BCUT2D eigenvalue weighted by Crippen LogP contribution is 2.42. The maximum absolute atomic E-state index is 14.1. The molecule has 11 heteroatoms. The molecule has 0 radical (unpaired) electrons. The molecule has 0 saturated carbocycles. The molecule has 3 aromatic heterocycles. The summed E-state index contributed by atoms with van der Waals surface area (Å²) in [6, 6.07) is 10.3. The van der Waals surface area contributed by atoms with Gasteiger partial charge in [0, 0.05) is 75.1 Å². The maximum Gasteiger partial charge on any atom is 0.266 e. The number of piperidine rings is 1. The number of carbonyl (C=O) groups excluding carboxylic acids is 1. The average Bonchev–Trinajstić information content (AvgIpc) is 3.34. The highest BCUT2D eigenvalue weighted by atomic mass is 35.5. The van der Waals surface area contributed by atoms with Crippen LogP contribution in [0.1, 0.15) is 31.2 Å². The second kappa shape index (κ2) is 10.3. The monoisotopic (exact) mass is 556 g/mol. The van der Waals surface area contributed by atoms with E-state index in [0.717, 1.165) is 5.69 Å². The molecule has 1 unspecified atom stereocenters. The summed E-state index contributed by atoms with van der Waals surface area (Å²) in [5.74, 6) is -0.448. The van der Waals surface area contributed by atoms with Gasteiger partial charge < -0.3 is 14.9 Å². The number of nitrogens with zero attached hydrogens (tertiary/aromatic N) is 6. The van der Waals surface area contributed by atoms with Crippen molar-refractivity contribution in [2.45, 2.75) is 25.4 Å². The lowest BCUT2D eigenvalue weighted by Gasteiger charge is -2.48. The molecule has 5 atom stereocenters. The first-order valence-corrected chi connectivity index (χ1v) is 13.4. The van der Waals surface area contributed by atoms with Gasteiger partial charge in [-0.1, -0.05) is 37.0 Å². The molecule has 2 aliphatic heterocycles. The van der Waals surface area contributed by atoms with Crippen molar-refractivity contribution in [3.8, 4) is 0 Å². The van der Waals surface area contributed by atoms with Crippen LogP contribution in [-0.4, -0.2) is 61.8 Å². The zero-order valence-electron chi connectivity index (χ0n) is 21.5. The molecule has 9 nitrogen and oxygen atoms in total. The summed E-state index contributed by atoms with van der Waals surface area (Å²) in [4.78, 5) is 38.8. The summed E-state index contributed by atoms with van der Waals surface area (Å²) in [6.45, 7) is 5.62. The molecule has 2 fully saturated rings. The lowest BCUT2D eigenvalue weighted by Crippen LogP contribution is -2.57. The quantitative estimate of drug-likeness (QED) is 0.526. The summed E-state index contributed by atoms with van der Waals surface area (Å²) < 4.78 is 1.29. The Labute approximate surface area is 231 Å². The van der Waals surface area contributed by atoms with Gasteiger partial charge in [0.2, 0.25) is 5.91 Å². The average molecular weight is 557 g/mol. The number of amides is 1. The minimum absolute atomic E-state index is 0.00360. The van der Waals surface area contributed by atoms with Crippen LogP contribution in [0.25, 0.3) is 0 Å². The van der Waals surface area contributed by atoms with Gasteiger partial charge in [0.1, 0.15) is 11.4 Å². The first-order valence-electron chi connectivity index (χ1n) is 12.6. The van der Waals surface area contributed by atoms with Crippen molar-refractivity contribution in [2.24, 2.45) is 24.8 Å². The van der Waals surface area contributed by atoms with Crippen LogP contribution in [0.2, 0.25) is 10.0 Å². The lowest BCUT2D eigenvalue weighted by molar-refractivity contribution is -0.153. The number of pyridine rings is 2. The van der Waals surface area contributed by atoms with E-state index in [1.54, 1.807) is 37.5 Å². The smallest absolute Gasteiger partial charge is 0.266 e. The molecule has 1 N–H and O–H groups in total. The molecule has 38 heavy (non-hydrogen) atoms. The van der Waals surface area contributed by atoms with Gasteiger partial charge in [-0.25, -0.2) is 4.68 Å². The third kappa shape index (κ3) is 4.79. The van der Waals surface area contributed by atoms with Crippen molar-refractivity contribution >= 4 is 34.9 Å². The molecule has 3 aromatic rings. The maximum atomic E-state index is 14.1. The van der Waals surface area contributed by atoms with Gasteiger partial charge in [0.05, 0.1) is 21.7 Å².